The number of nitrogens with one attached hydrogen (secondary N) is 1. The van der Waals surface area contributed by atoms with Crippen LogP contribution in [0.1, 0.15) is 54.8 Å². The highest BCUT2D eigenvalue weighted by molar-refractivity contribution is 5.42. The van der Waals surface area contributed by atoms with Gasteiger partial charge < -0.3 is 10.1 Å². The Morgan fingerprint density at radius 1 is 1.17 bits per heavy atom. The summed E-state index contributed by atoms with van der Waals surface area (Å²) >= 11 is 0. The third kappa shape index (κ3) is 2.98. The van der Waals surface area contributed by atoms with Crippen molar-refractivity contribution in [1.82, 2.24) is 10.3 Å². The fourth-order valence-corrected chi connectivity index (χ4v) is 4.02. The minimum Gasteiger partial charge on any atom is -0.487 e. The molecule has 0 amide bonds. The summed E-state index contributed by atoms with van der Waals surface area (Å²) in [4.78, 5) is 4.10. The van der Waals surface area contributed by atoms with Crippen LogP contribution in [0.3, 0.4) is 0 Å². The number of pyridine rings is 1. The van der Waals surface area contributed by atoms with E-state index in [1.54, 1.807) is 0 Å². The lowest BCUT2D eigenvalue weighted by molar-refractivity contribution is 0.0364. The molecule has 120 valence electrons. The molecule has 0 radical (unpaired) electrons. The summed E-state index contributed by atoms with van der Waals surface area (Å²) in [5, 5.41) is 3.76. The molecule has 0 bridgehead atoms. The van der Waals surface area contributed by atoms with Gasteiger partial charge in [0, 0.05) is 37.0 Å². The molecule has 3 heteroatoms. The van der Waals surface area contributed by atoms with Crippen molar-refractivity contribution in [2.45, 2.75) is 57.2 Å². The number of benzene rings is 1. The van der Waals surface area contributed by atoms with E-state index in [0.717, 1.165) is 18.7 Å². The zero-order chi connectivity index (χ0) is 15.7. The van der Waals surface area contributed by atoms with E-state index >= 15 is 0 Å². The van der Waals surface area contributed by atoms with Crippen LogP contribution in [0.25, 0.3) is 0 Å². The van der Waals surface area contributed by atoms with Crippen LogP contribution in [0.4, 0.5) is 0 Å². The molecule has 4 rings (SSSR count). The fourth-order valence-electron chi connectivity index (χ4n) is 4.02. The molecule has 1 fully saturated rings. The van der Waals surface area contributed by atoms with Gasteiger partial charge in [0.1, 0.15) is 11.4 Å². The number of aryl methyl sites for hydroxylation is 1. The van der Waals surface area contributed by atoms with E-state index in [1.807, 2.05) is 12.4 Å². The molecule has 2 aliphatic rings. The van der Waals surface area contributed by atoms with Crippen LogP contribution in [-0.2, 0) is 6.54 Å². The van der Waals surface area contributed by atoms with Gasteiger partial charge in [0.2, 0.25) is 0 Å². The van der Waals surface area contributed by atoms with Crippen molar-refractivity contribution < 1.29 is 4.74 Å². The van der Waals surface area contributed by atoms with Crippen molar-refractivity contribution in [3.8, 4) is 5.75 Å². The number of hydrogen-bond acceptors (Lipinski definition) is 3. The maximum Gasteiger partial charge on any atom is 0.125 e. The second-order valence-corrected chi connectivity index (χ2v) is 7.03. The molecule has 1 saturated carbocycles. The maximum atomic E-state index is 6.49. The molecule has 23 heavy (non-hydrogen) atoms. The molecule has 2 heterocycles. The Bertz CT molecular complexity index is 677. The second kappa shape index (κ2) is 5.97. The van der Waals surface area contributed by atoms with Gasteiger partial charge in [-0.05, 0) is 61.9 Å². The molecule has 1 aliphatic heterocycles. The highest BCUT2D eigenvalue weighted by Gasteiger charge is 2.42. The van der Waals surface area contributed by atoms with Crippen LogP contribution >= 0.6 is 0 Å². The average Bonchev–Trinajstić information content (AvgIpc) is 3.00. The number of fused-ring (bicyclic) bond motifs is 1. The van der Waals surface area contributed by atoms with E-state index in [2.05, 4.69) is 47.6 Å². The van der Waals surface area contributed by atoms with E-state index in [1.165, 1.54) is 42.4 Å². The summed E-state index contributed by atoms with van der Waals surface area (Å²) in [5.41, 5.74) is 3.91. The van der Waals surface area contributed by atoms with Crippen LogP contribution in [0.5, 0.6) is 5.75 Å². The number of hydrogen-bond donors (Lipinski definition) is 1. The van der Waals surface area contributed by atoms with Gasteiger partial charge in [-0.25, -0.2) is 0 Å². The Morgan fingerprint density at radius 3 is 2.74 bits per heavy atom. The molecule has 1 aromatic heterocycles. The molecule has 1 aliphatic carbocycles. The van der Waals surface area contributed by atoms with Crippen molar-refractivity contribution >= 4 is 0 Å². The standard InChI is InChI=1S/C20H24N2O/c1-15-4-5-17-18(22-14-16-6-10-21-11-7-16)13-20(8-2-3-9-20)23-19(17)12-15/h4-7,10-12,18,22H,2-3,8-9,13-14H2,1H3. The maximum absolute atomic E-state index is 6.49. The molecular formula is C20H24N2O. The van der Waals surface area contributed by atoms with Gasteiger partial charge in [-0.3, -0.25) is 4.98 Å². The molecule has 1 spiro atoms. The van der Waals surface area contributed by atoms with Crippen LogP contribution in [0.2, 0.25) is 0 Å². The number of nitrogens with zero attached hydrogens (tertiary/aromatic N) is 1. The quantitative estimate of drug-likeness (QED) is 0.917. The van der Waals surface area contributed by atoms with Crippen LogP contribution in [-0.4, -0.2) is 10.6 Å². The fraction of sp³-hybridized carbons (Fsp3) is 0.450. The Kier molecular flexibility index (Phi) is 3.82. The minimum absolute atomic E-state index is 0.0523. The topological polar surface area (TPSA) is 34.1 Å². The van der Waals surface area contributed by atoms with Crippen molar-refractivity contribution in [3.63, 3.8) is 0 Å². The highest BCUT2D eigenvalue weighted by Crippen LogP contribution is 2.47. The zero-order valence-corrected chi connectivity index (χ0v) is 13.7. The molecule has 1 unspecified atom stereocenters. The van der Waals surface area contributed by atoms with Crippen molar-refractivity contribution in [2.24, 2.45) is 0 Å². The summed E-state index contributed by atoms with van der Waals surface area (Å²) < 4.78 is 6.49. The van der Waals surface area contributed by atoms with E-state index < -0.39 is 0 Å². The predicted molar refractivity (Wildman–Crippen MR) is 91.4 cm³/mol. The summed E-state index contributed by atoms with van der Waals surface area (Å²) in [6.45, 7) is 3.01. The van der Waals surface area contributed by atoms with Crippen molar-refractivity contribution in [1.29, 1.82) is 0 Å². The van der Waals surface area contributed by atoms with Gasteiger partial charge in [-0.2, -0.15) is 0 Å². The third-order valence-electron chi connectivity index (χ3n) is 5.26. The number of aromatic nitrogens is 1. The minimum atomic E-state index is 0.0523. The summed E-state index contributed by atoms with van der Waals surface area (Å²) in [7, 11) is 0. The van der Waals surface area contributed by atoms with Gasteiger partial charge in [-0.15, -0.1) is 0 Å². The smallest absolute Gasteiger partial charge is 0.125 e. The Balaban J connectivity index is 1.59. The van der Waals surface area contributed by atoms with Crippen LogP contribution in [0, 0.1) is 6.92 Å². The van der Waals surface area contributed by atoms with Gasteiger partial charge >= 0.3 is 0 Å². The SMILES string of the molecule is Cc1ccc2c(c1)OC1(CCCC1)CC2NCc1ccncc1. The Morgan fingerprint density at radius 2 is 1.96 bits per heavy atom. The van der Waals surface area contributed by atoms with Crippen molar-refractivity contribution in [3.05, 3.63) is 59.4 Å². The summed E-state index contributed by atoms with van der Waals surface area (Å²) in [5.74, 6) is 1.09. The molecular weight excluding hydrogens is 284 g/mol. The summed E-state index contributed by atoms with van der Waals surface area (Å²) in [6.07, 6.45) is 9.75. The average molecular weight is 308 g/mol. The van der Waals surface area contributed by atoms with E-state index in [0.29, 0.717) is 6.04 Å². The molecule has 1 atom stereocenters. The molecule has 3 nitrogen and oxygen atoms in total. The monoisotopic (exact) mass is 308 g/mol. The van der Waals surface area contributed by atoms with Gasteiger partial charge in [0.05, 0.1) is 0 Å². The first kappa shape index (κ1) is 14.7. The predicted octanol–water partition coefficient (Wildman–Crippen LogP) is 4.32. The van der Waals surface area contributed by atoms with E-state index in [-0.39, 0.29) is 5.60 Å². The van der Waals surface area contributed by atoms with Crippen molar-refractivity contribution in [2.75, 3.05) is 0 Å². The first-order chi connectivity index (χ1) is 11.2. The molecule has 1 N–H and O–H groups in total. The number of ether oxygens (including phenoxy) is 1. The molecule has 1 aromatic carbocycles. The van der Waals surface area contributed by atoms with Gasteiger partial charge in [-0.1, -0.05) is 12.1 Å². The lowest BCUT2D eigenvalue weighted by atomic mass is 9.85. The second-order valence-electron chi connectivity index (χ2n) is 7.03. The van der Waals surface area contributed by atoms with Crippen LogP contribution in [0.15, 0.2) is 42.7 Å². The van der Waals surface area contributed by atoms with E-state index in [9.17, 15) is 0 Å². The highest BCUT2D eigenvalue weighted by atomic mass is 16.5. The van der Waals surface area contributed by atoms with Crippen LogP contribution < -0.4 is 10.1 Å². The molecule has 2 aromatic rings. The molecule has 0 saturated heterocycles. The Labute approximate surface area is 138 Å². The van der Waals surface area contributed by atoms with E-state index in [4.69, 9.17) is 4.74 Å². The largest absolute Gasteiger partial charge is 0.487 e. The lowest BCUT2D eigenvalue weighted by Crippen LogP contribution is -2.42. The Hall–Kier alpha value is -1.87. The van der Waals surface area contributed by atoms with Gasteiger partial charge in [0.15, 0.2) is 0 Å². The normalized spacial score (nSPS) is 21.9. The lowest BCUT2D eigenvalue weighted by Gasteiger charge is -2.40. The zero-order valence-electron chi connectivity index (χ0n) is 13.7. The third-order valence-corrected chi connectivity index (χ3v) is 5.26. The first-order valence-electron chi connectivity index (χ1n) is 8.66. The number of rotatable bonds is 3. The summed E-state index contributed by atoms with van der Waals surface area (Å²) in [6, 6.07) is 11.1. The first-order valence-corrected chi connectivity index (χ1v) is 8.66. The van der Waals surface area contributed by atoms with Gasteiger partial charge in [0.25, 0.3) is 0 Å².